The molecule has 6 N–H and O–H groups in total. The lowest BCUT2D eigenvalue weighted by molar-refractivity contribution is -0.161. The van der Waals surface area contributed by atoms with Gasteiger partial charge in [0, 0.05) is 19.0 Å². The topological polar surface area (TPSA) is 278 Å². The molecule has 0 amide bonds. The number of carbonyl (C=O) groups is 2. The van der Waals surface area contributed by atoms with E-state index in [0.717, 1.165) is 68.0 Å². The number of esters is 2. The summed E-state index contributed by atoms with van der Waals surface area (Å²) in [4.78, 5) is 62.0. The van der Waals surface area contributed by atoms with Crippen LogP contribution < -0.4 is 11.4 Å². The number of allylic oxidation sites excluding steroid dienone is 5. The standard InChI is InChI=1S/C48H81N3O16P2/c1-4-5-6-7-8-9-10-11-15-18-21-24-28-39-40(65-39)29-26-31-44(53)64-38(34-61-43(52)30-25-22-19-16-13-12-14-17-20-23-27-37(2)3)35-62-68(57,58)67-69(59,60)63-36-41-45(54)46(55)47(66-41)51-33-32-42(49)50-48(51)56/h8-9,11,15,21,24,32-33,37-41,45-47,54-55H,4-7,10,12-14,16-20,22-23,25-31,34-36H2,1-3H3,(H,57,58)(H,59,60)(H2,49,50,56)/b9-8-,15-11-,24-21-/t38-,39?,40?,41-,45-,46-,47-/m1/s1. The number of hydrogen-bond donors (Lipinski definition) is 5. The van der Waals surface area contributed by atoms with Gasteiger partial charge in [-0.25, -0.2) is 13.9 Å². The van der Waals surface area contributed by atoms with Gasteiger partial charge in [-0.2, -0.15) is 9.29 Å². The Morgan fingerprint density at radius 3 is 2.06 bits per heavy atom. The first-order chi connectivity index (χ1) is 33.0. The number of rotatable bonds is 39. The number of ether oxygens (including phenoxy) is 4. The minimum atomic E-state index is -5.44. The minimum absolute atomic E-state index is 0.00486. The van der Waals surface area contributed by atoms with Crippen molar-refractivity contribution in [3.63, 3.8) is 0 Å². The molecule has 2 aliphatic rings. The molecule has 3 heterocycles. The lowest BCUT2D eigenvalue weighted by Gasteiger charge is -2.21. The molecule has 0 aliphatic carbocycles. The Bertz CT molecular complexity index is 1880. The van der Waals surface area contributed by atoms with Crippen LogP contribution in [0.3, 0.4) is 0 Å². The number of phosphoric acid groups is 2. The highest BCUT2D eigenvalue weighted by molar-refractivity contribution is 7.61. The fourth-order valence-electron chi connectivity index (χ4n) is 7.58. The van der Waals surface area contributed by atoms with Crippen molar-refractivity contribution in [2.45, 2.75) is 205 Å². The third-order valence-electron chi connectivity index (χ3n) is 11.6. The molecule has 0 saturated carbocycles. The second kappa shape index (κ2) is 33.6. The first kappa shape index (κ1) is 60.2. The zero-order valence-corrected chi connectivity index (χ0v) is 42.8. The van der Waals surface area contributed by atoms with Crippen LogP contribution in [0.25, 0.3) is 0 Å². The Kier molecular flexibility index (Phi) is 29.3. The van der Waals surface area contributed by atoms with Crippen LogP contribution in [0, 0.1) is 5.92 Å². The molecule has 0 spiro atoms. The third kappa shape index (κ3) is 26.8. The minimum Gasteiger partial charge on any atom is -0.462 e. The maximum atomic E-state index is 12.9. The number of hydrogen-bond acceptors (Lipinski definition) is 16. The maximum absolute atomic E-state index is 12.9. The van der Waals surface area contributed by atoms with Crippen LogP contribution in [0.5, 0.6) is 0 Å². The quantitative estimate of drug-likeness (QED) is 0.0135. The molecule has 0 aromatic carbocycles. The third-order valence-corrected chi connectivity index (χ3v) is 14.2. The van der Waals surface area contributed by atoms with Gasteiger partial charge in [-0.1, -0.05) is 134 Å². The van der Waals surface area contributed by atoms with E-state index in [9.17, 15) is 43.5 Å². The Morgan fingerprint density at radius 1 is 0.768 bits per heavy atom. The molecule has 69 heavy (non-hydrogen) atoms. The summed E-state index contributed by atoms with van der Waals surface area (Å²) >= 11 is 0. The van der Waals surface area contributed by atoms with Gasteiger partial charge in [0.2, 0.25) is 0 Å². The van der Waals surface area contributed by atoms with Crippen LogP contribution in [0.4, 0.5) is 5.82 Å². The summed E-state index contributed by atoms with van der Waals surface area (Å²) in [7, 11) is -10.9. The normalized spacial score (nSPS) is 22.7. The molecule has 19 nitrogen and oxygen atoms in total. The van der Waals surface area contributed by atoms with Gasteiger partial charge in [0.15, 0.2) is 12.3 Å². The molecule has 2 aliphatic heterocycles. The van der Waals surface area contributed by atoms with Crippen LogP contribution in [0.1, 0.15) is 168 Å². The van der Waals surface area contributed by atoms with Crippen LogP contribution in [0.2, 0.25) is 0 Å². The van der Waals surface area contributed by atoms with Gasteiger partial charge < -0.3 is 44.7 Å². The molecule has 2 fully saturated rings. The maximum Gasteiger partial charge on any atom is 0.481 e. The van der Waals surface area contributed by atoms with E-state index in [-0.39, 0.29) is 30.9 Å². The summed E-state index contributed by atoms with van der Waals surface area (Å²) in [5, 5.41) is 20.9. The molecule has 3 rings (SSSR count). The monoisotopic (exact) mass is 1020 g/mol. The molecule has 9 atom stereocenters. The fraction of sp³-hybridized carbons (Fsp3) is 0.750. The molecule has 21 heteroatoms. The molecular formula is C48H81N3O16P2. The van der Waals surface area contributed by atoms with Crippen molar-refractivity contribution in [3.05, 3.63) is 59.2 Å². The zero-order valence-electron chi connectivity index (χ0n) is 41.0. The van der Waals surface area contributed by atoms with E-state index < -0.39 is 83.7 Å². The molecule has 1 aromatic rings. The Labute approximate surface area is 408 Å². The second-order valence-electron chi connectivity index (χ2n) is 18.2. The number of nitrogen functional groups attached to an aromatic ring is 1. The first-order valence-corrected chi connectivity index (χ1v) is 28.0. The highest BCUT2D eigenvalue weighted by Crippen LogP contribution is 2.60. The van der Waals surface area contributed by atoms with Crippen molar-refractivity contribution in [2.75, 3.05) is 25.6 Å². The van der Waals surface area contributed by atoms with Crippen molar-refractivity contribution in [1.29, 1.82) is 0 Å². The summed E-state index contributed by atoms with van der Waals surface area (Å²) in [5.74, 6) is -0.625. The average Bonchev–Trinajstić information content (AvgIpc) is 3.98. The summed E-state index contributed by atoms with van der Waals surface area (Å²) in [6, 6.07) is 1.24. The largest absolute Gasteiger partial charge is 0.481 e. The predicted octanol–water partition coefficient (Wildman–Crippen LogP) is 8.84. The van der Waals surface area contributed by atoms with Crippen molar-refractivity contribution in [3.8, 4) is 0 Å². The molecule has 4 unspecified atom stereocenters. The van der Waals surface area contributed by atoms with Crippen LogP contribution >= 0.6 is 15.6 Å². The summed E-state index contributed by atoms with van der Waals surface area (Å²) in [6.45, 7) is 4.33. The van der Waals surface area contributed by atoms with Crippen LogP contribution in [0.15, 0.2) is 53.5 Å². The Balaban J connectivity index is 1.43. The van der Waals surface area contributed by atoms with Gasteiger partial charge in [-0.3, -0.25) is 23.2 Å². The van der Waals surface area contributed by atoms with Crippen molar-refractivity contribution >= 4 is 33.4 Å². The predicted molar refractivity (Wildman–Crippen MR) is 260 cm³/mol. The van der Waals surface area contributed by atoms with Gasteiger partial charge in [-0.05, 0) is 63.4 Å². The molecule has 2 saturated heterocycles. The van der Waals surface area contributed by atoms with Gasteiger partial charge in [-0.15, -0.1) is 0 Å². The molecular weight excluding hydrogens is 936 g/mol. The van der Waals surface area contributed by atoms with Gasteiger partial charge in [0.25, 0.3) is 0 Å². The number of aromatic nitrogens is 2. The van der Waals surface area contributed by atoms with Crippen molar-refractivity contribution in [2.24, 2.45) is 5.92 Å². The second-order valence-corrected chi connectivity index (χ2v) is 21.2. The van der Waals surface area contributed by atoms with Crippen molar-refractivity contribution < 1.29 is 71.0 Å². The highest BCUT2D eigenvalue weighted by atomic mass is 31.3. The van der Waals surface area contributed by atoms with Crippen molar-refractivity contribution in [1.82, 2.24) is 9.55 Å². The number of nitrogens with two attached hydrogens (primary N) is 1. The number of carbonyl (C=O) groups excluding carboxylic acids is 2. The number of aliphatic hydroxyl groups is 2. The number of epoxide rings is 1. The Morgan fingerprint density at radius 2 is 1.39 bits per heavy atom. The zero-order chi connectivity index (χ0) is 50.5. The van der Waals surface area contributed by atoms with E-state index in [0.29, 0.717) is 19.3 Å². The number of nitrogens with zero attached hydrogens (tertiary/aromatic N) is 2. The molecule has 0 bridgehead atoms. The summed E-state index contributed by atoms with van der Waals surface area (Å²) in [5.41, 5.74) is 4.58. The summed E-state index contributed by atoms with van der Waals surface area (Å²) < 4.78 is 62.5. The fourth-order valence-corrected chi connectivity index (χ4v) is 9.69. The van der Waals surface area contributed by atoms with E-state index in [2.05, 4.69) is 66.5 Å². The van der Waals surface area contributed by atoms with Gasteiger partial charge >= 0.3 is 33.3 Å². The van der Waals surface area contributed by atoms with E-state index in [1.807, 2.05) is 0 Å². The number of phosphoric ester groups is 2. The molecule has 394 valence electrons. The van der Waals surface area contributed by atoms with E-state index in [1.165, 1.54) is 63.9 Å². The van der Waals surface area contributed by atoms with Gasteiger partial charge in [0.1, 0.15) is 30.7 Å². The van der Waals surface area contributed by atoms with E-state index >= 15 is 0 Å². The number of anilines is 1. The SMILES string of the molecule is CCCCC/C=C\C/C=C\C/C=C\CC1OC1CCCC(=O)O[C@H](COC(=O)CCCCCCCCCCCCC(C)C)COP(=O)(O)OP(=O)(O)OC[C@H]1O[C@@H](n2ccc(N)nc2=O)[C@H](O)[C@@H]1O. The highest BCUT2D eigenvalue weighted by Gasteiger charge is 2.46. The number of aliphatic hydroxyl groups excluding tert-OH is 2. The molecule has 0 radical (unpaired) electrons. The van der Waals surface area contributed by atoms with E-state index in [4.69, 9.17) is 33.7 Å². The average molecular weight is 1020 g/mol. The Hall–Kier alpha value is -3.06. The lowest BCUT2D eigenvalue weighted by Crippen LogP contribution is -2.36. The lowest BCUT2D eigenvalue weighted by atomic mass is 10.0. The summed E-state index contributed by atoms with van der Waals surface area (Å²) in [6.07, 6.45) is 26.9. The van der Waals surface area contributed by atoms with Crippen LogP contribution in [-0.2, 0) is 51.0 Å². The van der Waals surface area contributed by atoms with E-state index in [1.54, 1.807) is 0 Å². The smallest absolute Gasteiger partial charge is 0.462 e. The van der Waals surface area contributed by atoms with Gasteiger partial charge in [0.05, 0.1) is 25.4 Å². The van der Waals surface area contributed by atoms with Crippen LogP contribution in [-0.4, -0.2) is 97.9 Å². The molecule has 1 aromatic heterocycles. The number of unbranched alkanes of at least 4 members (excludes halogenated alkanes) is 12. The first-order valence-electron chi connectivity index (χ1n) is 25.0.